The van der Waals surface area contributed by atoms with E-state index in [0.717, 1.165) is 47.9 Å². The first-order valence-electron chi connectivity index (χ1n) is 14.1. The predicted octanol–water partition coefficient (Wildman–Crippen LogP) is 8.03. The Balaban J connectivity index is 1.32. The average molecular weight is 497 g/mol. The molecule has 190 valence electrons. The molecule has 0 saturated heterocycles. The van der Waals surface area contributed by atoms with Crippen LogP contribution in [0.2, 0.25) is 0 Å². The van der Waals surface area contributed by atoms with E-state index in [2.05, 4.69) is 96.5 Å². The molecule has 3 aromatic rings. The first kappa shape index (κ1) is 25.8. The number of hydrogen-bond donors (Lipinski definition) is 0. The molecule has 38 heavy (non-hydrogen) atoms. The van der Waals surface area contributed by atoms with Crippen molar-refractivity contribution in [3.05, 3.63) is 107 Å². The lowest BCUT2D eigenvalue weighted by Gasteiger charge is -2.28. The minimum absolute atomic E-state index is 0.281. The molecule has 0 amide bonds. The van der Waals surface area contributed by atoms with Crippen LogP contribution in [-0.2, 0) is 0 Å². The van der Waals surface area contributed by atoms with Gasteiger partial charge in [0.1, 0.15) is 11.1 Å². The first-order valence-corrected chi connectivity index (χ1v) is 14.1. The van der Waals surface area contributed by atoms with E-state index in [1.165, 1.54) is 38.5 Å². The first-order chi connectivity index (χ1) is 18.7. The van der Waals surface area contributed by atoms with Crippen molar-refractivity contribution in [2.24, 2.45) is 9.98 Å². The second-order valence-electron chi connectivity index (χ2n) is 10.6. The zero-order valence-electron chi connectivity index (χ0n) is 22.2. The Morgan fingerprint density at radius 2 is 0.842 bits per heavy atom. The molecular formula is C36H36N2. The van der Waals surface area contributed by atoms with E-state index in [4.69, 9.17) is 9.98 Å². The van der Waals surface area contributed by atoms with Gasteiger partial charge >= 0.3 is 0 Å². The second-order valence-corrected chi connectivity index (χ2v) is 10.6. The highest BCUT2D eigenvalue weighted by Crippen LogP contribution is 2.32. The molecule has 0 aromatic heterocycles. The van der Waals surface area contributed by atoms with Gasteiger partial charge in [0.05, 0.1) is 0 Å². The van der Waals surface area contributed by atoms with Gasteiger partial charge in [-0.2, -0.15) is 0 Å². The van der Waals surface area contributed by atoms with Gasteiger partial charge in [-0.1, -0.05) is 123 Å². The molecule has 0 unspecified atom stereocenters. The highest BCUT2D eigenvalue weighted by molar-refractivity contribution is 5.80. The average Bonchev–Trinajstić information content (AvgIpc) is 3.00. The molecule has 0 N–H and O–H groups in total. The topological polar surface area (TPSA) is 24.7 Å². The van der Waals surface area contributed by atoms with Crippen LogP contribution in [-0.4, -0.2) is 23.5 Å². The van der Waals surface area contributed by atoms with Crippen molar-refractivity contribution in [2.75, 3.05) is 0 Å². The van der Waals surface area contributed by atoms with Gasteiger partial charge in [-0.3, -0.25) is 9.98 Å². The summed E-state index contributed by atoms with van der Waals surface area (Å²) < 4.78 is 0. The van der Waals surface area contributed by atoms with Gasteiger partial charge in [-0.05, 0) is 61.1 Å². The summed E-state index contributed by atoms with van der Waals surface area (Å²) in [7, 11) is 0. The summed E-state index contributed by atoms with van der Waals surface area (Å²) >= 11 is 0. The molecule has 0 atom stereocenters. The van der Waals surface area contributed by atoms with Gasteiger partial charge < -0.3 is 0 Å². The van der Waals surface area contributed by atoms with E-state index in [9.17, 15) is 0 Å². The second kappa shape index (κ2) is 12.6. The van der Waals surface area contributed by atoms with Crippen molar-refractivity contribution in [2.45, 2.75) is 75.3 Å². The van der Waals surface area contributed by atoms with E-state index in [0.29, 0.717) is 0 Å². The highest BCUT2D eigenvalue weighted by Gasteiger charge is 2.29. The zero-order chi connectivity index (χ0) is 25.9. The third-order valence-corrected chi connectivity index (χ3v) is 7.65. The number of nitrogens with zero attached hydrogens (tertiary/aromatic N) is 2. The van der Waals surface area contributed by atoms with Crippen LogP contribution < -0.4 is 0 Å². The van der Waals surface area contributed by atoms with Crippen LogP contribution in [0.25, 0.3) is 0 Å². The Bertz CT molecular complexity index is 1240. The van der Waals surface area contributed by atoms with Crippen molar-refractivity contribution in [3.63, 3.8) is 0 Å². The van der Waals surface area contributed by atoms with Crippen LogP contribution in [0.5, 0.6) is 0 Å². The van der Waals surface area contributed by atoms with Crippen LogP contribution in [0, 0.1) is 23.7 Å². The lowest BCUT2D eigenvalue weighted by molar-refractivity contribution is 0.374. The fourth-order valence-corrected chi connectivity index (χ4v) is 5.33. The van der Waals surface area contributed by atoms with Crippen molar-refractivity contribution >= 4 is 12.4 Å². The van der Waals surface area contributed by atoms with Crippen LogP contribution in [0.1, 0.15) is 86.5 Å². The summed E-state index contributed by atoms with van der Waals surface area (Å²) in [5.41, 5.74) is 3.74. The molecule has 2 aliphatic carbocycles. The molecule has 0 spiro atoms. The van der Waals surface area contributed by atoms with Crippen LogP contribution in [0.15, 0.2) is 94.9 Å². The molecular weight excluding hydrogens is 460 g/mol. The summed E-state index contributed by atoms with van der Waals surface area (Å²) in [6.07, 6.45) is 15.4. The predicted molar refractivity (Wildman–Crippen MR) is 160 cm³/mol. The molecule has 2 heteroatoms. The van der Waals surface area contributed by atoms with Crippen molar-refractivity contribution in [1.29, 1.82) is 0 Å². The van der Waals surface area contributed by atoms with Gasteiger partial charge in [-0.25, -0.2) is 0 Å². The molecule has 2 fully saturated rings. The van der Waals surface area contributed by atoms with E-state index < -0.39 is 0 Å². The SMILES string of the molecule is C(#CC1(N=Cc2ccccc2)CCCCC1)c1ccc(C#CC2(N=Cc3ccccc3)CCCCC2)cc1. The number of benzene rings is 3. The quantitative estimate of drug-likeness (QED) is 0.258. The molecule has 0 bridgehead atoms. The van der Waals surface area contributed by atoms with Crippen molar-refractivity contribution in [3.8, 4) is 23.7 Å². The number of aliphatic imine (C=N–C) groups is 2. The fraction of sp³-hybridized carbons (Fsp3) is 0.333. The Morgan fingerprint density at radius 1 is 0.474 bits per heavy atom. The zero-order valence-corrected chi connectivity index (χ0v) is 22.2. The molecule has 0 heterocycles. The molecule has 2 saturated carbocycles. The Morgan fingerprint density at radius 3 is 1.21 bits per heavy atom. The maximum Gasteiger partial charge on any atom is 0.121 e. The van der Waals surface area contributed by atoms with Gasteiger partial charge in [0.25, 0.3) is 0 Å². The lowest BCUT2D eigenvalue weighted by atomic mass is 9.82. The van der Waals surface area contributed by atoms with E-state index in [1.54, 1.807) is 0 Å². The largest absolute Gasteiger partial charge is 0.273 e. The van der Waals surface area contributed by atoms with E-state index in [-0.39, 0.29) is 11.1 Å². The standard InChI is InChI=1S/C36H36N2/c1-5-13-33(14-6-1)29-37-35(23-9-3-10-24-35)27-21-31-17-19-32(20-18-31)22-28-36(25-11-4-12-26-36)38-30-34-15-7-2-8-16-34/h1-2,5-8,13-20,29-30H,3-4,9-12,23-26H2. The smallest absolute Gasteiger partial charge is 0.121 e. The molecule has 3 aromatic carbocycles. The minimum atomic E-state index is -0.281. The Labute approximate surface area is 228 Å². The van der Waals surface area contributed by atoms with Gasteiger partial charge in [-0.15, -0.1) is 0 Å². The maximum atomic E-state index is 5.01. The lowest BCUT2D eigenvalue weighted by Crippen LogP contribution is -2.27. The summed E-state index contributed by atoms with van der Waals surface area (Å²) in [5, 5.41) is 0. The third kappa shape index (κ3) is 7.12. The molecule has 2 nitrogen and oxygen atoms in total. The van der Waals surface area contributed by atoms with Gasteiger partial charge in [0, 0.05) is 23.6 Å². The van der Waals surface area contributed by atoms with Gasteiger partial charge in [0.15, 0.2) is 0 Å². The summed E-state index contributed by atoms with van der Waals surface area (Å²) in [6.45, 7) is 0. The number of rotatable bonds is 4. The Hall–Kier alpha value is -3.88. The van der Waals surface area contributed by atoms with Gasteiger partial charge in [0.2, 0.25) is 0 Å². The van der Waals surface area contributed by atoms with E-state index >= 15 is 0 Å². The summed E-state index contributed by atoms with van der Waals surface area (Å²) in [5.74, 6) is 14.0. The molecule has 0 radical (unpaired) electrons. The van der Waals surface area contributed by atoms with Crippen molar-refractivity contribution in [1.82, 2.24) is 0 Å². The molecule has 0 aliphatic heterocycles. The monoisotopic (exact) mass is 496 g/mol. The van der Waals surface area contributed by atoms with E-state index in [1.807, 2.05) is 24.6 Å². The minimum Gasteiger partial charge on any atom is -0.273 e. The van der Waals surface area contributed by atoms with Crippen LogP contribution >= 0.6 is 0 Å². The molecule has 5 rings (SSSR count). The maximum absolute atomic E-state index is 5.01. The molecule has 2 aliphatic rings. The van der Waals surface area contributed by atoms with Crippen LogP contribution in [0.3, 0.4) is 0 Å². The highest BCUT2D eigenvalue weighted by atomic mass is 14.8. The number of hydrogen-bond acceptors (Lipinski definition) is 2. The van der Waals surface area contributed by atoms with Crippen molar-refractivity contribution < 1.29 is 0 Å². The normalized spacial score (nSPS) is 18.3. The summed E-state index contributed by atoms with van der Waals surface area (Å²) in [6, 6.07) is 29.0. The third-order valence-electron chi connectivity index (χ3n) is 7.65. The summed E-state index contributed by atoms with van der Waals surface area (Å²) in [4.78, 5) is 10.0. The van der Waals surface area contributed by atoms with Crippen LogP contribution in [0.4, 0.5) is 0 Å². The Kier molecular flexibility index (Phi) is 8.53. The fourth-order valence-electron chi connectivity index (χ4n) is 5.33.